The molecule has 0 aromatic heterocycles. The molecule has 1 amide bonds. The molecule has 1 heterocycles. The van der Waals surface area contributed by atoms with Crippen LogP contribution in [0, 0.1) is 0 Å². The van der Waals surface area contributed by atoms with Gasteiger partial charge in [0.25, 0.3) is 5.91 Å². The van der Waals surface area contributed by atoms with Gasteiger partial charge in [0.2, 0.25) is 0 Å². The number of hydrogen-bond acceptors (Lipinski definition) is 2. The molecule has 0 radical (unpaired) electrons. The number of amides is 1. The van der Waals surface area contributed by atoms with Crippen LogP contribution in [0.4, 0.5) is 0 Å². The largest absolute Gasteiger partial charge is 0.272 e. The van der Waals surface area contributed by atoms with E-state index < -0.39 is 0 Å². The Hall–Kier alpha value is -0.870. The van der Waals surface area contributed by atoms with Gasteiger partial charge in [0.1, 0.15) is 0 Å². The molecule has 4 heteroatoms. The lowest BCUT2D eigenvalue weighted by Gasteiger charge is -2.25. The Morgan fingerprint density at radius 3 is 2.69 bits per heavy atom. The van der Waals surface area contributed by atoms with Crippen molar-refractivity contribution in [2.75, 3.05) is 13.2 Å². The van der Waals surface area contributed by atoms with Gasteiger partial charge in [0, 0.05) is 11.0 Å². The Kier molecular flexibility index (Phi) is 3.96. The van der Waals surface area contributed by atoms with Gasteiger partial charge in [-0.3, -0.25) is 9.63 Å². The van der Waals surface area contributed by atoms with E-state index in [1.54, 1.807) is 0 Å². The molecule has 3 nitrogen and oxygen atoms in total. The molecule has 0 bridgehead atoms. The van der Waals surface area contributed by atoms with E-state index in [0.29, 0.717) is 13.0 Å². The number of hydroxylamine groups is 2. The van der Waals surface area contributed by atoms with Crippen LogP contribution in [0.5, 0.6) is 0 Å². The highest BCUT2D eigenvalue weighted by Crippen LogP contribution is 2.13. The maximum atomic E-state index is 11.8. The van der Waals surface area contributed by atoms with E-state index in [-0.39, 0.29) is 5.91 Å². The van der Waals surface area contributed by atoms with Crippen molar-refractivity contribution < 1.29 is 9.63 Å². The first kappa shape index (κ1) is 11.6. The van der Waals surface area contributed by atoms with Crippen molar-refractivity contribution in [2.45, 2.75) is 19.3 Å². The zero-order valence-corrected chi connectivity index (χ0v) is 10.6. The van der Waals surface area contributed by atoms with Crippen molar-refractivity contribution >= 4 is 21.8 Å². The summed E-state index contributed by atoms with van der Waals surface area (Å²) in [6, 6.07) is 7.79. The molecule has 1 aliphatic rings. The monoisotopic (exact) mass is 283 g/mol. The zero-order valence-electron chi connectivity index (χ0n) is 8.99. The second-order valence-corrected chi connectivity index (χ2v) is 4.76. The molecule has 0 saturated carbocycles. The predicted molar refractivity (Wildman–Crippen MR) is 64.7 cm³/mol. The Balaban J connectivity index is 1.93. The van der Waals surface area contributed by atoms with Crippen molar-refractivity contribution in [3.8, 4) is 0 Å². The van der Waals surface area contributed by atoms with Gasteiger partial charge in [0.15, 0.2) is 0 Å². The summed E-state index contributed by atoms with van der Waals surface area (Å²) in [7, 11) is 0. The number of carbonyl (C=O) groups is 1. The second kappa shape index (κ2) is 5.46. The van der Waals surface area contributed by atoms with Crippen molar-refractivity contribution in [2.24, 2.45) is 0 Å². The number of nitrogens with zero attached hydrogens (tertiary/aromatic N) is 1. The molecule has 1 aliphatic heterocycles. The Morgan fingerprint density at radius 2 is 2.06 bits per heavy atom. The quantitative estimate of drug-likeness (QED) is 0.835. The van der Waals surface area contributed by atoms with Crippen LogP contribution in [0.3, 0.4) is 0 Å². The molecule has 0 N–H and O–H groups in total. The summed E-state index contributed by atoms with van der Waals surface area (Å²) in [5.74, 6) is 0.0435. The minimum Gasteiger partial charge on any atom is -0.272 e. The van der Waals surface area contributed by atoms with E-state index in [1.165, 1.54) is 5.06 Å². The summed E-state index contributed by atoms with van der Waals surface area (Å²) in [5.41, 5.74) is 1.02. The van der Waals surface area contributed by atoms with Crippen molar-refractivity contribution in [3.63, 3.8) is 0 Å². The van der Waals surface area contributed by atoms with Gasteiger partial charge >= 0.3 is 0 Å². The molecular formula is C12H14BrNO2. The van der Waals surface area contributed by atoms with Crippen LogP contribution >= 0.6 is 15.9 Å². The summed E-state index contributed by atoms with van der Waals surface area (Å²) in [6.07, 6.45) is 2.49. The van der Waals surface area contributed by atoms with Gasteiger partial charge in [-0.25, -0.2) is 5.06 Å². The average molecular weight is 284 g/mol. The maximum absolute atomic E-state index is 11.8. The third-order valence-electron chi connectivity index (χ3n) is 2.55. The smallest absolute Gasteiger partial charge is 0.250 e. The fraction of sp³-hybridized carbons (Fsp3) is 0.417. The fourth-order valence-corrected chi connectivity index (χ4v) is 1.92. The lowest BCUT2D eigenvalue weighted by Crippen LogP contribution is -2.36. The van der Waals surface area contributed by atoms with Gasteiger partial charge in [-0.2, -0.15) is 0 Å². The normalized spacial score (nSPS) is 16.2. The Morgan fingerprint density at radius 1 is 1.31 bits per heavy atom. The van der Waals surface area contributed by atoms with Gasteiger partial charge in [-0.05, 0) is 30.5 Å². The maximum Gasteiger partial charge on any atom is 0.250 e. The Labute approximate surface area is 103 Å². The van der Waals surface area contributed by atoms with Crippen LogP contribution in [0.1, 0.15) is 18.4 Å². The molecular weight excluding hydrogens is 270 g/mol. The molecule has 86 valence electrons. The summed E-state index contributed by atoms with van der Waals surface area (Å²) in [6.45, 7) is 1.38. The van der Waals surface area contributed by atoms with Gasteiger partial charge < -0.3 is 0 Å². The number of carbonyl (C=O) groups excluding carboxylic acids is 1. The molecule has 0 aliphatic carbocycles. The highest BCUT2D eigenvalue weighted by Gasteiger charge is 2.17. The topological polar surface area (TPSA) is 29.5 Å². The van der Waals surface area contributed by atoms with Crippen molar-refractivity contribution in [1.29, 1.82) is 0 Å². The van der Waals surface area contributed by atoms with Crippen LogP contribution in [0.25, 0.3) is 0 Å². The molecule has 16 heavy (non-hydrogen) atoms. The number of rotatable bonds is 2. The van der Waals surface area contributed by atoms with Crippen LogP contribution in [0.2, 0.25) is 0 Å². The Bertz CT molecular complexity index is 358. The zero-order chi connectivity index (χ0) is 11.4. The fourth-order valence-electron chi connectivity index (χ4n) is 1.66. The van der Waals surface area contributed by atoms with Crippen LogP contribution < -0.4 is 0 Å². The molecule has 0 unspecified atom stereocenters. The molecule has 0 atom stereocenters. The third-order valence-corrected chi connectivity index (χ3v) is 3.08. The van der Waals surface area contributed by atoms with Gasteiger partial charge in [-0.1, -0.05) is 28.1 Å². The predicted octanol–water partition coefficient (Wildman–Crippen LogP) is 2.55. The lowest BCUT2D eigenvalue weighted by atomic mass is 10.1. The highest BCUT2D eigenvalue weighted by molar-refractivity contribution is 9.10. The summed E-state index contributed by atoms with van der Waals surface area (Å²) < 4.78 is 1.03. The summed E-state index contributed by atoms with van der Waals surface area (Å²) >= 11 is 3.37. The summed E-state index contributed by atoms with van der Waals surface area (Å²) in [4.78, 5) is 17.2. The van der Waals surface area contributed by atoms with Gasteiger partial charge in [0.05, 0.1) is 13.0 Å². The van der Waals surface area contributed by atoms with E-state index in [1.807, 2.05) is 24.3 Å². The van der Waals surface area contributed by atoms with E-state index in [9.17, 15) is 4.79 Å². The van der Waals surface area contributed by atoms with Crippen molar-refractivity contribution in [1.82, 2.24) is 5.06 Å². The second-order valence-electron chi connectivity index (χ2n) is 3.84. The van der Waals surface area contributed by atoms with E-state index in [0.717, 1.165) is 29.4 Å². The third kappa shape index (κ3) is 3.06. The van der Waals surface area contributed by atoms with Gasteiger partial charge in [-0.15, -0.1) is 0 Å². The van der Waals surface area contributed by atoms with E-state index in [2.05, 4.69) is 15.9 Å². The average Bonchev–Trinajstić information content (AvgIpc) is 2.33. The molecule has 1 aromatic carbocycles. The summed E-state index contributed by atoms with van der Waals surface area (Å²) in [5, 5.41) is 1.49. The van der Waals surface area contributed by atoms with Crippen LogP contribution in [0.15, 0.2) is 28.7 Å². The molecule has 1 saturated heterocycles. The molecule has 2 rings (SSSR count). The molecule has 1 fully saturated rings. The lowest BCUT2D eigenvalue weighted by molar-refractivity contribution is -0.196. The minimum atomic E-state index is 0.0435. The minimum absolute atomic E-state index is 0.0435. The first-order chi connectivity index (χ1) is 7.75. The number of benzene rings is 1. The first-order valence-electron chi connectivity index (χ1n) is 5.43. The number of halogens is 1. The van der Waals surface area contributed by atoms with E-state index >= 15 is 0 Å². The van der Waals surface area contributed by atoms with Crippen LogP contribution in [-0.2, 0) is 16.1 Å². The SMILES string of the molecule is O=C(Cc1ccc(Br)cc1)N1CCCCO1. The number of hydrogen-bond donors (Lipinski definition) is 0. The first-order valence-corrected chi connectivity index (χ1v) is 6.23. The highest BCUT2D eigenvalue weighted by atomic mass is 79.9. The van der Waals surface area contributed by atoms with E-state index in [4.69, 9.17) is 4.84 Å². The standard InChI is InChI=1S/C12H14BrNO2/c13-11-5-3-10(4-6-11)9-12(15)14-7-1-2-8-16-14/h3-6H,1-2,7-9H2. The molecule has 0 spiro atoms. The van der Waals surface area contributed by atoms with Crippen LogP contribution in [-0.4, -0.2) is 24.1 Å². The molecule has 1 aromatic rings. The van der Waals surface area contributed by atoms with Crippen molar-refractivity contribution in [3.05, 3.63) is 34.3 Å².